The molecule has 1 aromatic heterocycles. The number of hydrogen-bond acceptors (Lipinski definition) is 5. The number of benzene rings is 1. The zero-order valence-electron chi connectivity index (χ0n) is 17.5. The van der Waals surface area contributed by atoms with Crippen LogP contribution in [-0.2, 0) is 29.7 Å². The van der Waals surface area contributed by atoms with Crippen LogP contribution in [0.5, 0.6) is 5.75 Å². The van der Waals surface area contributed by atoms with Gasteiger partial charge >= 0.3 is 7.48 Å². The fourth-order valence-corrected chi connectivity index (χ4v) is 2.44. The van der Waals surface area contributed by atoms with E-state index in [0.717, 1.165) is 28.2 Å². The van der Waals surface area contributed by atoms with Crippen LogP contribution in [0, 0.1) is 6.92 Å². The zero-order chi connectivity index (χ0) is 20.2. The normalized spacial score (nSPS) is 12.3. The third-order valence-corrected chi connectivity index (χ3v) is 5.26. The van der Waals surface area contributed by atoms with Gasteiger partial charge in [0, 0.05) is 12.7 Å². The Hall–Kier alpha value is -1.83. The summed E-state index contributed by atoms with van der Waals surface area (Å²) in [5.41, 5.74) is 2.33. The van der Waals surface area contributed by atoms with Gasteiger partial charge in [-0.2, -0.15) is 5.10 Å². The van der Waals surface area contributed by atoms with Crippen molar-refractivity contribution in [3.05, 3.63) is 41.2 Å². The van der Waals surface area contributed by atoms with Crippen molar-refractivity contribution < 1.29 is 19.2 Å². The quantitative estimate of drug-likeness (QED) is 0.680. The van der Waals surface area contributed by atoms with Crippen molar-refractivity contribution in [3.8, 4) is 5.75 Å². The van der Waals surface area contributed by atoms with E-state index in [1.54, 1.807) is 21.0 Å². The van der Waals surface area contributed by atoms with E-state index in [-0.39, 0.29) is 0 Å². The summed E-state index contributed by atoms with van der Waals surface area (Å²) in [5, 5.41) is 14.9. The van der Waals surface area contributed by atoms with Crippen LogP contribution in [0.1, 0.15) is 44.6 Å². The summed E-state index contributed by atoms with van der Waals surface area (Å²) >= 11 is 0. The maximum atomic E-state index is 10.3. The van der Waals surface area contributed by atoms with Crippen molar-refractivity contribution in [2.45, 2.75) is 59.0 Å². The lowest BCUT2D eigenvalue weighted by molar-refractivity contribution is -0.0893. The van der Waals surface area contributed by atoms with Crippen LogP contribution in [0.4, 0.5) is 0 Å². The van der Waals surface area contributed by atoms with Gasteiger partial charge in [-0.25, -0.2) is 0 Å². The van der Waals surface area contributed by atoms with Gasteiger partial charge in [-0.1, -0.05) is 12.1 Å². The lowest BCUT2D eigenvalue weighted by atomic mass is 9.81. The molecule has 0 saturated carbocycles. The lowest BCUT2D eigenvalue weighted by Crippen LogP contribution is -2.49. The number of nitrogens with zero attached hydrogens (tertiary/aromatic N) is 2. The number of aliphatic hydroxyl groups is 1. The van der Waals surface area contributed by atoms with Crippen LogP contribution >= 0.6 is 0 Å². The third kappa shape index (κ3) is 5.34. The highest BCUT2D eigenvalue weighted by Crippen LogP contribution is 2.24. The molecule has 0 bridgehead atoms. The number of methoxy groups -OCH3 is 1. The van der Waals surface area contributed by atoms with Gasteiger partial charge < -0.3 is 19.2 Å². The molecule has 6 nitrogen and oxygen atoms in total. The Morgan fingerprint density at radius 2 is 1.74 bits per heavy atom. The van der Waals surface area contributed by atoms with Gasteiger partial charge in [0.05, 0.1) is 37.2 Å². The molecule has 0 saturated heterocycles. The van der Waals surface area contributed by atoms with Gasteiger partial charge in [0.25, 0.3) is 0 Å². The first kappa shape index (κ1) is 21.5. The summed E-state index contributed by atoms with van der Waals surface area (Å²) in [7, 11) is 3.93. The van der Waals surface area contributed by atoms with E-state index in [1.807, 2.05) is 56.8 Å². The minimum atomic E-state index is -0.950. The minimum absolute atomic E-state index is 0.373. The number of ether oxygens (including phenoxy) is 2. The number of rotatable bonds is 9. The Labute approximate surface area is 162 Å². The molecular weight excluding hydrogens is 343 g/mol. The molecule has 0 aliphatic carbocycles. The molecule has 2 rings (SSSR count). The van der Waals surface area contributed by atoms with E-state index in [1.165, 1.54) is 0 Å². The monoisotopic (exact) mass is 374 g/mol. The van der Waals surface area contributed by atoms with Gasteiger partial charge in [0.2, 0.25) is 0 Å². The van der Waals surface area contributed by atoms with Gasteiger partial charge in [-0.05, 0) is 57.8 Å². The van der Waals surface area contributed by atoms with Crippen molar-refractivity contribution in [1.82, 2.24) is 9.78 Å². The molecule has 1 heterocycles. The second-order valence-corrected chi connectivity index (χ2v) is 7.83. The van der Waals surface area contributed by atoms with Gasteiger partial charge in [0.1, 0.15) is 5.75 Å². The van der Waals surface area contributed by atoms with E-state index < -0.39 is 11.2 Å². The van der Waals surface area contributed by atoms with Crippen molar-refractivity contribution in [1.29, 1.82) is 0 Å². The Kier molecular flexibility index (Phi) is 6.73. The molecule has 0 spiro atoms. The van der Waals surface area contributed by atoms with Crippen LogP contribution < -0.4 is 10.2 Å². The van der Waals surface area contributed by atoms with Gasteiger partial charge in [-0.3, -0.25) is 4.68 Å². The highest BCUT2D eigenvalue weighted by molar-refractivity contribution is 6.48. The zero-order valence-corrected chi connectivity index (χ0v) is 17.5. The average molecular weight is 374 g/mol. The predicted molar refractivity (Wildman–Crippen MR) is 108 cm³/mol. The van der Waals surface area contributed by atoms with Crippen molar-refractivity contribution in [2.75, 3.05) is 7.11 Å². The first-order valence-electron chi connectivity index (χ1n) is 9.13. The second kappa shape index (κ2) is 8.46. The molecule has 0 radical (unpaired) electrons. The molecule has 0 fully saturated rings. The van der Waals surface area contributed by atoms with Gasteiger partial charge in [0.15, 0.2) is 0 Å². The Morgan fingerprint density at radius 3 is 2.30 bits per heavy atom. The number of aromatic nitrogens is 2. The SMILES string of the molecule is COc1ccc(COCc2nn(C)c(C)c2BOC(C)(C)C(C)(C)O)cc1. The highest BCUT2D eigenvalue weighted by Gasteiger charge is 2.36. The molecule has 0 unspecified atom stereocenters. The van der Waals surface area contributed by atoms with E-state index >= 15 is 0 Å². The third-order valence-electron chi connectivity index (χ3n) is 5.26. The van der Waals surface area contributed by atoms with Crippen LogP contribution in [-0.4, -0.2) is 40.7 Å². The molecule has 0 amide bonds. The summed E-state index contributed by atoms with van der Waals surface area (Å²) in [5.74, 6) is 0.827. The molecule has 2 aromatic rings. The van der Waals surface area contributed by atoms with E-state index in [4.69, 9.17) is 14.1 Å². The Balaban J connectivity index is 2.01. The summed E-state index contributed by atoms with van der Waals surface area (Å²) < 4.78 is 18.9. The highest BCUT2D eigenvalue weighted by atomic mass is 16.5. The van der Waals surface area contributed by atoms with Crippen LogP contribution in [0.15, 0.2) is 24.3 Å². The van der Waals surface area contributed by atoms with Crippen LogP contribution in [0.3, 0.4) is 0 Å². The van der Waals surface area contributed by atoms with E-state index in [0.29, 0.717) is 20.7 Å². The maximum Gasteiger partial charge on any atom is 0.313 e. The maximum absolute atomic E-state index is 10.3. The summed E-state index contributed by atoms with van der Waals surface area (Å²) in [6.07, 6.45) is 0. The van der Waals surface area contributed by atoms with Crippen LogP contribution in [0.25, 0.3) is 0 Å². The standard InChI is InChI=1S/C20H31BN2O4/c1-14-18(21-27-20(4,5)19(2,3)24)17(22-23(14)6)13-26-12-15-8-10-16(25-7)11-9-15/h8-11,21,24H,12-13H2,1-7H3. The van der Waals surface area contributed by atoms with Crippen molar-refractivity contribution >= 4 is 12.9 Å². The second-order valence-electron chi connectivity index (χ2n) is 7.83. The van der Waals surface area contributed by atoms with E-state index in [2.05, 4.69) is 5.10 Å². The Morgan fingerprint density at radius 1 is 1.11 bits per heavy atom. The molecule has 7 heteroatoms. The first-order valence-corrected chi connectivity index (χ1v) is 9.13. The van der Waals surface area contributed by atoms with Crippen LogP contribution in [0.2, 0.25) is 0 Å². The smallest absolute Gasteiger partial charge is 0.313 e. The molecule has 27 heavy (non-hydrogen) atoms. The largest absolute Gasteiger partial charge is 0.497 e. The fourth-order valence-electron chi connectivity index (χ4n) is 2.44. The Bertz CT molecular complexity index is 749. The predicted octanol–water partition coefficient (Wildman–Crippen LogP) is 2.00. The average Bonchev–Trinajstić information content (AvgIpc) is 2.86. The summed E-state index contributed by atoms with van der Waals surface area (Å²) in [4.78, 5) is 0. The van der Waals surface area contributed by atoms with Crippen molar-refractivity contribution in [3.63, 3.8) is 0 Å². The summed E-state index contributed by atoms with van der Waals surface area (Å²) in [6, 6.07) is 7.81. The lowest BCUT2D eigenvalue weighted by Gasteiger charge is -2.37. The fraction of sp³-hybridized carbons (Fsp3) is 0.550. The molecule has 1 aromatic carbocycles. The molecule has 1 N–H and O–H groups in total. The molecule has 148 valence electrons. The van der Waals surface area contributed by atoms with Crippen molar-refractivity contribution in [2.24, 2.45) is 7.05 Å². The topological polar surface area (TPSA) is 65.7 Å². The summed E-state index contributed by atoms with van der Waals surface area (Å²) in [6.45, 7) is 10.2. The number of hydrogen-bond donors (Lipinski definition) is 1. The van der Waals surface area contributed by atoms with Gasteiger partial charge in [-0.15, -0.1) is 0 Å². The molecule has 0 aliphatic rings. The molecule has 0 atom stereocenters. The number of aryl methyl sites for hydroxylation is 1. The minimum Gasteiger partial charge on any atom is -0.497 e. The first-order chi connectivity index (χ1) is 12.5. The van der Waals surface area contributed by atoms with E-state index in [9.17, 15) is 5.11 Å². The molecule has 0 aliphatic heterocycles. The molecular formula is C20H31BN2O4.